The van der Waals surface area contributed by atoms with Crippen molar-refractivity contribution in [3.63, 3.8) is 0 Å². The summed E-state index contributed by atoms with van der Waals surface area (Å²) >= 11 is 5.63. The lowest BCUT2D eigenvalue weighted by Crippen LogP contribution is -2.25. The number of hydrogen-bond acceptors (Lipinski definition) is 4. The van der Waals surface area contributed by atoms with Crippen molar-refractivity contribution in [3.8, 4) is 11.3 Å². The number of nitro benzene ring substituents is 1. The van der Waals surface area contributed by atoms with Crippen molar-refractivity contribution in [2.24, 2.45) is 0 Å². The largest absolute Gasteiger partial charge is 0.322 e. The van der Waals surface area contributed by atoms with Crippen LogP contribution in [0.25, 0.3) is 11.3 Å². The molecule has 0 spiro atoms. The Hall–Kier alpha value is -2.49. The molecule has 1 aromatic carbocycles. The minimum absolute atomic E-state index is 0.0261. The van der Waals surface area contributed by atoms with E-state index in [2.05, 4.69) is 4.98 Å². The van der Waals surface area contributed by atoms with Gasteiger partial charge < -0.3 is 0 Å². The van der Waals surface area contributed by atoms with Gasteiger partial charge in [-0.1, -0.05) is 11.6 Å². The Morgan fingerprint density at radius 3 is 2.43 bits per heavy atom. The van der Waals surface area contributed by atoms with E-state index in [1.807, 2.05) is 0 Å². The lowest BCUT2D eigenvalue weighted by molar-refractivity contribution is -0.387. The fourth-order valence-electron chi connectivity index (χ4n) is 1.89. The molecule has 11 heteroatoms. The van der Waals surface area contributed by atoms with Crippen molar-refractivity contribution in [2.45, 2.75) is 13.5 Å². The van der Waals surface area contributed by atoms with Crippen molar-refractivity contribution in [1.82, 2.24) is 9.55 Å². The molecule has 0 fully saturated rings. The molecule has 0 bridgehead atoms. The lowest BCUT2D eigenvalue weighted by Gasteiger charge is -2.12. The Morgan fingerprint density at radius 2 is 1.91 bits per heavy atom. The van der Waals surface area contributed by atoms with Crippen LogP contribution in [0, 0.1) is 28.7 Å². The van der Waals surface area contributed by atoms with Gasteiger partial charge in [0, 0.05) is 17.7 Å². The van der Waals surface area contributed by atoms with Crippen molar-refractivity contribution >= 4 is 17.3 Å². The molecular weight excluding hydrogens is 346 g/mol. The maximum atomic E-state index is 13.9. The van der Waals surface area contributed by atoms with E-state index >= 15 is 0 Å². The molecule has 2 aromatic rings. The third kappa shape index (κ3) is 2.89. The molecule has 23 heavy (non-hydrogen) atoms. The Labute approximate surface area is 130 Å². The van der Waals surface area contributed by atoms with Gasteiger partial charge in [0.05, 0.1) is 10.6 Å². The van der Waals surface area contributed by atoms with E-state index in [0.717, 1.165) is 6.92 Å². The van der Waals surface area contributed by atoms with E-state index in [4.69, 9.17) is 11.6 Å². The van der Waals surface area contributed by atoms with Crippen molar-refractivity contribution in [3.05, 3.63) is 55.1 Å². The fourth-order valence-corrected chi connectivity index (χ4v) is 2.12. The molecule has 0 saturated carbocycles. The van der Waals surface area contributed by atoms with Gasteiger partial charge in [-0.25, -0.2) is 13.9 Å². The van der Waals surface area contributed by atoms with E-state index in [1.54, 1.807) is 0 Å². The predicted octanol–water partition coefficient (Wildman–Crippen LogP) is 3.45. The summed E-state index contributed by atoms with van der Waals surface area (Å²) < 4.78 is 52.7. The molecule has 0 N–H and O–H groups in total. The highest BCUT2D eigenvalue weighted by molar-refractivity contribution is 6.32. The second-order valence-corrected chi connectivity index (χ2v) is 4.69. The Bertz CT molecular complexity index is 870. The number of hydrogen-bond donors (Lipinski definition) is 0. The quantitative estimate of drug-likeness (QED) is 0.482. The van der Waals surface area contributed by atoms with E-state index in [-0.39, 0.29) is 10.6 Å². The van der Waals surface area contributed by atoms with Crippen LogP contribution in [0.3, 0.4) is 0 Å². The Morgan fingerprint density at radius 1 is 1.30 bits per heavy atom. The maximum Gasteiger partial charge on any atom is 0.322 e. The average molecular weight is 352 g/mol. The van der Waals surface area contributed by atoms with E-state index in [9.17, 15) is 32.5 Å². The predicted molar refractivity (Wildman–Crippen MR) is 71.5 cm³/mol. The summed E-state index contributed by atoms with van der Waals surface area (Å²) in [7, 11) is 0. The van der Waals surface area contributed by atoms with Gasteiger partial charge in [0.2, 0.25) is 5.82 Å². The van der Waals surface area contributed by atoms with Gasteiger partial charge in [-0.2, -0.15) is 13.2 Å². The summed E-state index contributed by atoms with van der Waals surface area (Å²) in [6.45, 7) is -2.18. The third-order valence-electron chi connectivity index (χ3n) is 2.92. The van der Waals surface area contributed by atoms with Crippen LogP contribution in [0.2, 0.25) is 5.02 Å². The smallest absolute Gasteiger partial charge is 0.267 e. The summed E-state index contributed by atoms with van der Waals surface area (Å²) in [6.07, 6.45) is 0. The monoisotopic (exact) mass is 351 g/mol. The lowest BCUT2D eigenvalue weighted by atomic mass is 10.1. The zero-order valence-corrected chi connectivity index (χ0v) is 11.9. The highest BCUT2D eigenvalue weighted by Gasteiger charge is 2.25. The number of rotatable bonds is 3. The summed E-state index contributed by atoms with van der Waals surface area (Å²) in [4.78, 5) is 25.0. The fraction of sp³-hybridized carbons (Fsp3) is 0.167. The highest BCUT2D eigenvalue weighted by Crippen LogP contribution is 2.31. The summed E-state index contributed by atoms with van der Waals surface area (Å²) in [6, 6.07) is 0.712. The van der Waals surface area contributed by atoms with Crippen LogP contribution in [0.5, 0.6) is 0 Å². The van der Waals surface area contributed by atoms with Crippen molar-refractivity contribution < 1.29 is 22.5 Å². The summed E-state index contributed by atoms with van der Waals surface area (Å²) in [5.74, 6) is -3.21. The molecule has 0 saturated heterocycles. The van der Waals surface area contributed by atoms with Gasteiger partial charge in [-0.15, -0.1) is 0 Å². The molecule has 0 aliphatic carbocycles. The first-order valence-electron chi connectivity index (χ1n) is 5.85. The van der Waals surface area contributed by atoms with Gasteiger partial charge >= 0.3 is 12.2 Å². The van der Waals surface area contributed by atoms with Gasteiger partial charge in [0.1, 0.15) is 16.7 Å². The molecule has 2 rings (SSSR count). The standard InChI is InChI=1S/C12H6ClF4N3O3/c1-4-18-10(9(13)11(21)19(4)12(16)17)5-2-8(20(22)23)7(15)3-6(5)14/h2-3,12H,1H3. The van der Waals surface area contributed by atoms with Gasteiger partial charge in [-0.3, -0.25) is 14.9 Å². The molecule has 0 aliphatic heterocycles. The first-order chi connectivity index (χ1) is 10.6. The molecule has 122 valence electrons. The third-order valence-corrected chi connectivity index (χ3v) is 3.26. The first kappa shape index (κ1) is 16.9. The molecule has 1 aromatic heterocycles. The van der Waals surface area contributed by atoms with Gasteiger partial charge in [0.15, 0.2) is 0 Å². The number of aryl methyl sites for hydroxylation is 1. The maximum absolute atomic E-state index is 13.9. The molecule has 0 amide bonds. The van der Waals surface area contributed by atoms with Crippen LogP contribution in [0.15, 0.2) is 16.9 Å². The number of nitrogens with zero attached hydrogens (tertiary/aromatic N) is 3. The van der Waals surface area contributed by atoms with Crippen LogP contribution < -0.4 is 5.56 Å². The molecular formula is C12H6ClF4N3O3. The number of halogens is 5. The molecule has 0 radical (unpaired) electrons. The SMILES string of the molecule is Cc1nc(-c2cc([N+](=O)[O-])c(F)cc2F)c(Cl)c(=O)n1C(F)F. The van der Waals surface area contributed by atoms with Crippen LogP contribution in [0.1, 0.15) is 12.4 Å². The van der Waals surface area contributed by atoms with Crippen LogP contribution >= 0.6 is 11.6 Å². The van der Waals surface area contributed by atoms with E-state index in [0.29, 0.717) is 6.07 Å². The van der Waals surface area contributed by atoms with Crippen LogP contribution in [-0.2, 0) is 0 Å². The minimum atomic E-state index is -3.23. The molecule has 1 heterocycles. The van der Waals surface area contributed by atoms with Crippen LogP contribution in [0.4, 0.5) is 23.2 Å². The topological polar surface area (TPSA) is 78.0 Å². The zero-order valence-electron chi connectivity index (χ0n) is 11.2. The van der Waals surface area contributed by atoms with Gasteiger partial charge in [-0.05, 0) is 6.92 Å². The van der Waals surface area contributed by atoms with Crippen molar-refractivity contribution in [1.29, 1.82) is 0 Å². The normalized spacial score (nSPS) is 11.1. The highest BCUT2D eigenvalue weighted by atomic mass is 35.5. The summed E-state index contributed by atoms with van der Waals surface area (Å²) in [5.41, 5.74) is -3.66. The van der Waals surface area contributed by atoms with E-state index in [1.165, 1.54) is 0 Å². The second kappa shape index (κ2) is 5.95. The number of alkyl halides is 2. The van der Waals surface area contributed by atoms with Gasteiger partial charge in [0.25, 0.3) is 5.56 Å². The molecule has 0 unspecified atom stereocenters. The number of benzene rings is 1. The number of aromatic nitrogens is 2. The van der Waals surface area contributed by atoms with E-state index < -0.39 is 56.5 Å². The second-order valence-electron chi connectivity index (χ2n) is 4.31. The minimum Gasteiger partial charge on any atom is -0.267 e. The summed E-state index contributed by atoms with van der Waals surface area (Å²) in [5, 5.41) is 9.84. The molecule has 6 nitrogen and oxygen atoms in total. The Balaban J connectivity index is 2.81. The van der Waals surface area contributed by atoms with Crippen LogP contribution in [-0.4, -0.2) is 14.5 Å². The number of nitro groups is 1. The average Bonchev–Trinajstić information content (AvgIpc) is 2.42. The first-order valence-corrected chi connectivity index (χ1v) is 6.23. The molecule has 0 atom stereocenters. The Kier molecular flexibility index (Phi) is 4.37. The van der Waals surface area contributed by atoms with Crippen molar-refractivity contribution in [2.75, 3.05) is 0 Å². The molecule has 0 aliphatic rings. The zero-order chi connectivity index (χ0) is 17.5.